The maximum Gasteiger partial charge on any atom is 0.146 e. The Morgan fingerprint density at radius 2 is 1.81 bits per heavy atom. The first-order valence-electron chi connectivity index (χ1n) is 10.6. The first kappa shape index (κ1) is 19.8. The molecule has 0 atom stereocenters. The van der Waals surface area contributed by atoms with Crippen LogP contribution in [0.4, 0.5) is 11.5 Å². The highest BCUT2D eigenvalue weighted by Gasteiger charge is 2.22. The molecule has 0 saturated heterocycles. The molecule has 2 aromatic carbocycles. The Bertz CT molecular complexity index is 1220. The summed E-state index contributed by atoms with van der Waals surface area (Å²) < 4.78 is 11.0. The monoisotopic (exact) mass is 431 g/mol. The number of rotatable bonds is 6. The number of methoxy groups -OCH3 is 2. The van der Waals surface area contributed by atoms with Crippen LogP contribution >= 0.6 is 11.3 Å². The van der Waals surface area contributed by atoms with E-state index in [4.69, 9.17) is 19.4 Å². The van der Waals surface area contributed by atoms with E-state index in [0.717, 1.165) is 51.9 Å². The highest BCUT2D eigenvalue weighted by Crippen LogP contribution is 2.41. The van der Waals surface area contributed by atoms with Crippen molar-refractivity contribution in [2.75, 3.05) is 19.5 Å². The molecule has 0 unspecified atom stereocenters. The zero-order chi connectivity index (χ0) is 21.2. The summed E-state index contributed by atoms with van der Waals surface area (Å²) in [5, 5.41) is 4.72. The molecule has 0 saturated carbocycles. The number of aryl methyl sites for hydroxylation is 2. The molecule has 1 N–H and O–H groups in total. The molecule has 5 rings (SSSR count). The van der Waals surface area contributed by atoms with Crippen LogP contribution in [-0.2, 0) is 19.3 Å². The summed E-state index contributed by atoms with van der Waals surface area (Å²) in [6.07, 6.45) is 5.39. The second-order valence-electron chi connectivity index (χ2n) is 7.73. The Hall–Kier alpha value is -3.12. The number of thiophene rings is 1. The minimum Gasteiger partial charge on any atom is -0.497 e. The smallest absolute Gasteiger partial charge is 0.146 e. The lowest BCUT2D eigenvalue weighted by atomic mass is 9.97. The molecule has 0 bridgehead atoms. The molecule has 0 aliphatic heterocycles. The van der Waals surface area contributed by atoms with Crippen molar-refractivity contribution in [1.82, 2.24) is 9.97 Å². The number of ether oxygens (including phenoxy) is 2. The molecule has 2 heterocycles. The third-order valence-electron chi connectivity index (χ3n) is 5.73. The second-order valence-corrected chi connectivity index (χ2v) is 8.82. The van der Waals surface area contributed by atoms with Crippen molar-refractivity contribution >= 4 is 33.1 Å². The van der Waals surface area contributed by atoms with Gasteiger partial charge in [-0.15, -0.1) is 11.3 Å². The molecule has 31 heavy (non-hydrogen) atoms. The van der Waals surface area contributed by atoms with Crippen molar-refractivity contribution in [2.45, 2.75) is 32.1 Å². The van der Waals surface area contributed by atoms with Crippen LogP contribution in [-0.4, -0.2) is 24.2 Å². The van der Waals surface area contributed by atoms with Gasteiger partial charge in [-0.1, -0.05) is 30.3 Å². The van der Waals surface area contributed by atoms with Gasteiger partial charge in [0.15, 0.2) is 0 Å². The van der Waals surface area contributed by atoms with E-state index >= 15 is 0 Å². The van der Waals surface area contributed by atoms with Gasteiger partial charge < -0.3 is 14.8 Å². The average Bonchev–Trinajstić information content (AvgIpc) is 3.18. The quantitative estimate of drug-likeness (QED) is 0.411. The number of fused-ring (bicyclic) bond motifs is 3. The van der Waals surface area contributed by atoms with Crippen molar-refractivity contribution < 1.29 is 9.47 Å². The molecule has 1 aliphatic carbocycles. The van der Waals surface area contributed by atoms with Gasteiger partial charge in [-0.3, -0.25) is 0 Å². The molecule has 2 aromatic heterocycles. The van der Waals surface area contributed by atoms with Gasteiger partial charge >= 0.3 is 0 Å². The summed E-state index contributed by atoms with van der Waals surface area (Å²) >= 11 is 1.82. The van der Waals surface area contributed by atoms with E-state index in [0.29, 0.717) is 6.42 Å². The summed E-state index contributed by atoms with van der Waals surface area (Å²) in [5.41, 5.74) is 3.48. The first-order valence-corrected chi connectivity index (χ1v) is 11.4. The van der Waals surface area contributed by atoms with Crippen LogP contribution in [0.5, 0.6) is 11.5 Å². The predicted octanol–water partition coefficient (Wildman–Crippen LogP) is 5.92. The maximum atomic E-state index is 5.61. The van der Waals surface area contributed by atoms with E-state index in [1.165, 1.54) is 28.8 Å². The Labute approximate surface area is 186 Å². The van der Waals surface area contributed by atoms with E-state index in [2.05, 4.69) is 29.6 Å². The lowest BCUT2D eigenvalue weighted by Crippen LogP contribution is -2.05. The largest absolute Gasteiger partial charge is 0.497 e. The third kappa shape index (κ3) is 3.95. The lowest BCUT2D eigenvalue weighted by molar-refractivity contribution is 0.395. The average molecular weight is 432 g/mol. The number of hydrogen-bond donors (Lipinski definition) is 1. The molecule has 1 aliphatic rings. The molecule has 6 heteroatoms. The highest BCUT2D eigenvalue weighted by molar-refractivity contribution is 7.19. The molecule has 0 radical (unpaired) electrons. The molecular formula is C25H25N3O2S. The molecule has 0 amide bonds. The van der Waals surface area contributed by atoms with Crippen LogP contribution in [0, 0.1) is 0 Å². The van der Waals surface area contributed by atoms with Gasteiger partial charge in [0.1, 0.15) is 28.0 Å². The Morgan fingerprint density at radius 1 is 0.968 bits per heavy atom. The van der Waals surface area contributed by atoms with Crippen molar-refractivity contribution in [3.8, 4) is 11.5 Å². The fourth-order valence-electron chi connectivity index (χ4n) is 4.18. The van der Waals surface area contributed by atoms with Gasteiger partial charge in [0.05, 0.1) is 25.3 Å². The first-order chi connectivity index (χ1) is 15.2. The van der Waals surface area contributed by atoms with Crippen molar-refractivity contribution in [2.24, 2.45) is 0 Å². The maximum absolute atomic E-state index is 5.61. The number of nitrogens with one attached hydrogen (secondary N) is 1. The predicted molar refractivity (Wildman–Crippen MR) is 126 cm³/mol. The van der Waals surface area contributed by atoms with E-state index in [1.54, 1.807) is 14.2 Å². The number of anilines is 2. The Kier molecular flexibility index (Phi) is 5.47. The SMILES string of the molecule is COc1ccc(Nc2nc(Cc3ccccc3)nc3sc4c(c23)CCCC4)c(OC)c1. The topological polar surface area (TPSA) is 56.3 Å². The molecule has 158 valence electrons. The van der Waals surface area contributed by atoms with Gasteiger partial charge in [0.2, 0.25) is 0 Å². The van der Waals surface area contributed by atoms with Gasteiger partial charge in [0, 0.05) is 17.4 Å². The molecule has 4 aromatic rings. The Balaban J connectivity index is 1.61. The second kappa shape index (κ2) is 8.55. The zero-order valence-corrected chi connectivity index (χ0v) is 18.6. The number of hydrogen-bond acceptors (Lipinski definition) is 6. The van der Waals surface area contributed by atoms with Gasteiger partial charge in [-0.25, -0.2) is 9.97 Å². The van der Waals surface area contributed by atoms with Crippen molar-refractivity contribution in [1.29, 1.82) is 0 Å². The molecule has 5 nitrogen and oxygen atoms in total. The summed E-state index contributed by atoms with van der Waals surface area (Å²) in [7, 11) is 3.33. The summed E-state index contributed by atoms with van der Waals surface area (Å²) in [5.74, 6) is 3.17. The molecular weight excluding hydrogens is 406 g/mol. The van der Waals surface area contributed by atoms with Crippen molar-refractivity contribution in [3.05, 3.63) is 70.4 Å². The number of nitrogens with zero attached hydrogens (tertiary/aromatic N) is 2. The van der Waals surface area contributed by atoms with E-state index in [1.807, 2.05) is 35.6 Å². The summed E-state index contributed by atoms with van der Waals surface area (Å²) in [6, 6.07) is 16.2. The standard InChI is InChI=1S/C25H25N3O2S/c1-29-17-12-13-19(20(15-17)30-2)26-24-23-18-10-6-7-11-21(18)31-25(23)28-22(27-24)14-16-8-4-3-5-9-16/h3-5,8-9,12-13,15H,6-7,10-11,14H2,1-2H3,(H,26,27,28). The van der Waals surface area contributed by atoms with E-state index in [9.17, 15) is 0 Å². The van der Waals surface area contributed by atoms with Gasteiger partial charge in [-0.05, 0) is 48.9 Å². The van der Waals surface area contributed by atoms with Crippen LogP contribution in [0.25, 0.3) is 10.2 Å². The van der Waals surface area contributed by atoms with E-state index in [-0.39, 0.29) is 0 Å². The van der Waals surface area contributed by atoms with Crippen LogP contribution in [0.1, 0.15) is 34.7 Å². The molecule has 0 spiro atoms. The minimum absolute atomic E-state index is 0.702. The van der Waals surface area contributed by atoms with Crippen LogP contribution < -0.4 is 14.8 Å². The summed E-state index contributed by atoms with van der Waals surface area (Å²) in [6.45, 7) is 0. The fourth-order valence-corrected chi connectivity index (χ4v) is 5.46. The van der Waals surface area contributed by atoms with Crippen LogP contribution in [0.2, 0.25) is 0 Å². The fraction of sp³-hybridized carbons (Fsp3) is 0.280. The van der Waals surface area contributed by atoms with E-state index < -0.39 is 0 Å². The van der Waals surface area contributed by atoms with Crippen molar-refractivity contribution in [3.63, 3.8) is 0 Å². The number of aromatic nitrogens is 2. The van der Waals surface area contributed by atoms with Crippen LogP contribution in [0.3, 0.4) is 0 Å². The van der Waals surface area contributed by atoms with Crippen LogP contribution in [0.15, 0.2) is 48.5 Å². The van der Waals surface area contributed by atoms with Gasteiger partial charge in [-0.2, -0.15) is 0 Å². The minimum atomic E-state index is 0.702. The number of benzene rings is 2. The third-order valence-corrected chi connectivity index (χ3v) is 6.91. The Morgan fingerprint density at radius 3 is 2.61 bits per heavy atom. The molecule has 0 fully saturated rings. The lowest BCUT2D eigenvalue weighted by Gasteiger charge is -2.15. The van der Waals surface area contributed by atoms with Gasteiger partial charge in [0.25, 0.3) is 0 Å². The normalized spacial score (nSPS) is 13.1. The summed E-state index contributed by atoms with van der Waals surface area (Å²) in [4.78, 5) is 12.5. The highest BCUT2D eigenvalue weighted by atomic mass is 32.1. The zero-order valence-electron chi connectivity index (χ0n) is 17.8.